The Kier molecular flexibility index (Phi) is 9.18. The number of nitrogens with zero attached hydrogens (tertiary/aromatic N) is 5. The SMILES string of the molecule is CN(CCC1CCCN(Cc2cncs2)C1)S(=O)(=O)c1ccc(Nc2nccc(Nc3ccc(F)c(F)c3)n2)cc1. The van der Waals surface area contributed by atoms with Crippen molar-refractivity contribution in [3.63, 3.8) is 0 Å². The van der Waals surface area contributed by atoms with Crippen LogP contribution in [0.5, 0.6) is 0 Å². The zero-order valence-electron chi connectivity index (χ0n) is 22.5. The van der Waals surface area contributed by atoms with Crippen LogP contribution in [0.25, 0.3) is 0 Å². The van der Waals surface area contributed by atoms with E-state index in [-0.39, 0.29) is 10.8 Å². The number of aromatic nitrogens is 3. The van der Waals surface area contributed by atoms with Gasteiger partial charge in [-0.2, -0.15) is 4.98 Å². The smallest absolute Gasteiger partial charge is 0.242 e. The Morgan fingerprint density at radius 3 is 2.63 bits per heavy atom. The molecular formula is C28H31F2N7O2S2. The van der Waals surface area contributed by atoms with E-state index < -0.39 is 21.7 Å². The Morgan fingerprint density at radius 2 is 1.88 bits per heavy atom. The molecule has 5 rings (SSSR count). The van der Waals surface area contributed by atoms with Crippen molar-refractivity contribution in [1.82, 2.24) is 24.2 Å². The van der Waals surface area contributed by atoms with E-state index in [0.717, 1.165) is 51.0 Å². The molecule has 1 atom stereocenters. The number of anilines is 4. The minimum atomic E-state index is -3.65. The molecule has 0 saturated carbocycles. The summed E-state index contributed by atoms with van der Waals surface area (Å²) in [6, 6.07) is 11.5. The van der Waals surface area contributed by atoms with Gasteiger partial charge < -0.3 is 10.6 Å². The molecule has 0 bridgehead atoms. The van der Waals surface area contributed by atoms with Crippen LogP contribution in [0.3, 0.4) is 0 Å². The van der Waals surface area contributed by atoms with Gasteiger partial charge in [0.25, 0.3) is 0 Å². The molecule has 1 fully saturated rings. The van der Waals surface area contributed by atoms with Crippen molar-refractivity contribution in [2.75, 3.05) is 37.3 Å². The summed E-state index contributed by atoms with van der Waals surface area (Å²) in [5.74, 6) is -0.822. The fourth-order valence-electron chi connectivity index (χ4n) is 4.79. The number of likely N-dealkylation sites (tertiary alicyclic amines) is 1. The van der Waals surface area contributed by atoms with Crippen molar-refractivity contribution < 1.29 is 17.2 Å². The lowest BCUT2D eigenvalue weighted by atomic mass is 9.95. The predicted octanol–water partition coefficient (Wildman–Crippen LogP) is 5.62. The number of halogens is 2. The first-order chi connectivity index (χ1) is 19.8. The highest BCUT2D eigenvalue weighted by atomic mass is 32.2. The average molecular weight is 600 g/mol. The van der Waals surface area contributed by atoms with Gasteiger partial charge in [-0.25, -0.2) is 26.5 Å². The summed E-state index contributed by atoms with van der Waals surface area (Å²) in [6.45, 7) is 3.37. The summed E-state index contributed by atoms with van der Waals surface area (Å²) in [5.41, 5.74) is 2.79. The summed E-state index contributed by atoms with van der Waals surface area (Å²) in [6.07, 6.45) is 6.45. The van der Waals surface area contributed by atoms with Gasteiger partial charge in [-0.1, -0.05) is 0 Å². The first-order valence-electron chi connectivity index (χ1n) is 13.2. The maximum absolute atomic E-state index is 13.5. The van der Waals surface area contributed by atoms with Gasteiger partial charge >= 0.3 is 0 Å². The van der Waals surface area contributed by atoms with Gasteiger partial charge in [-0.3, -0.25) is 9.88 Å². The lowest BCUT2D eigenvalue weighted by Gasteiger charge is -2.33. The zero-order valence-corrected chi connectivity index (χ0v) is 24.1. The normalized spacial score (nSPS) is 16.1. The highest BCUT2D eigenvalue weighted by Crippen LogP contribution is 2.25. The third kappa shape index (κ3) is 7.61. The Morgan fingerprint density at radius 1 is 1.07 bits per heavy atom. The summed E-state index contributed by atoms with van der Waals surface area (Å²) >= 11 is 1.66. The average Bonchev–Trinajstić information content (AvgIpc) is 3.47. The van der Waals surface area contributed by atoms with E-state index in [9.17, 15) is 17.2 Å². The Hall–Kier alpha value is -3.52. The van der Waals surface area contributed by atoms with Crippen LogP contribution in [0.1, 0.15) is 24.1 Å². The fourth-order valence-corrected chi connectivity index (χ4v) is 6.61. The second kappa shape index (κ2) is 13.0. The second-order valence-electron chi connectivity index (χ2n) is 10.00. The van der Waals surface area contributed by atoms with Crippen LogP contribution in [0.2, 0.25) is 0 Å². The number of rotatable bonds is 11. The number of hydrogen-bond donors (Lipinski definition) is 2. The van der Waals surface area contributed by atoms with Crippen molar-refractivity contribution in [1.29, 1.82) is 0 Å². The highest BCUT2D eigenvalue weighted by Gasteiger charge is 2.24. The van der Waals surface area contributed by atoms with Crippen molar-refractivity contribution in [2.24, 2.45) is 5.92 Å². The summed E-state index contributed by atoms with van der Waals surface area (Å²) in [4.78, 5) is 16.5. The van der Waals surface area contributed by atoms with Crippen molar-refractivity contribution >= 4 is 44.5 Å². The van der Waals surface area contributed by atoms with Crippen LogP contribution in [-0.2, 0) is 16.6 Å². The van der Waals surface area contributed by atoms with E-state index in [1.165, 1.54) is 21.4 Å². The van der Waals surface area contributed by atoms with E-state index in [2.05, 4.69) is 30.5 Å². The monoisotopic (exact) mass is 599 g/mol. The summed E-state index contributed by atoms with van der Waals surface area (Å²) in [5, 5.41) is 5.93. The van der Waals surface area contributed by atoms with Gasteiger partial charge in [0.2, 0.25) is 16.0 Å². The van der Waals surface area contributed by atoms with E-state index >= 15 is 0 Å². The molecule has 0 radical (unpaired) electrons. The number of nitrogens with one attached hydrogen (secondary N) is 2. The molecule has 1 unspecified atom stereocenters. The van der Waals surface area contributed by atoms with E-state index in [1.54, 1.807) is 48.7 Å². The third-order valence-corrected chi connectivity index (χ3v) is 9.62. The number of sulfonamides is 1. The standard InChI is InChI=1S/C28H31F2N7O2S2/c1-36(14-11-20-3-2-13-37(17-20)18-23-16-31-19-40-23)41(38,39)24-7-4-21(5-8-24)34-28-32-12-10-27(35-28)33-22-6-9-25(29)26(30)15-22/h4-10,12,15-16,19-20H,2-3,11,13-14,17-18H2,1H3,(H2,32,33,34,35). The molecule has 1 aliphatic rings. The van der Waals surface area contributed by atoms with E-state index in [0.29, 0.717) is 29.7 Å². The molecule has 2 N–H and O–H groups in total. The van der Waals surface area contributed by atoms with Crippen molar-refractivity contribution in [3.05, 3.63) is 82.9 Å². The zero-order chi connectivity index (χ0) is 28.8. The molecule has 0 spiro atoms. The van der Waals surface area contributed by atoms with E-state index in [4.69, 9.17) is 0 Å². The van der Waals surface area contributed by atoms with Gasteiger partial charge in [0.15, 0.2) is 11.6 Å². The Bertz CT molecular complexity index is 1550. The molecule has 41 heavy (non-hydrogen) atoms. The second-order valence-corrected chi connectivity index (χ2v) is 13.0. The Labute approximate surface area is 242 Å². The minimum absolute atomic E-state index is 0.204. The lowest BCUT2D eigenvalue weighted by molar-refractivity contribution is 0.159. The van der Waals surface area contributed by atoms with Crippen molar-refractivity contribution in [3.8, 4) is 0 Å². The van der Waals surface area contributed by atoms with Crippen LogP contribution in [-0.4, -0.2) is 59.3 Å². The van der Waals surface area contributed by atoms with Crippen molar-refractivity contribution in [2.45, 2.75) is 30.7 Å². The molecule has 9 nitrogen and oxygen atoms in total. The van der Waals surface area contributed by atoms with Gasteiger partial charge in [0.05, 0.1) is 10.4 Å². The van der Waals surface area contributed by atoms with Gasteiger partial charge in [0.1, 0.15) is 5.82 Å². The van der Waals surface area contributed by atoms with Crippen LogP contribution in [0.15, 0.2) is 71.3 Å². The molecule has 2 aromatic carbocycles. The Balaban J connectivity index is 1.15. The number of piperidine rings is 1. The molecule has 0 aliphatic carbocycles. The first kappa shape index (κ1) is 29.0. The predicted molar refractivity (Wildman–Crippen MR) is 156 cm³/mol. The molecule has 4 aromatic rings. The third-order valence-electron chi connectivity index (χ3n) is 6.98. The molecule has 1 saturated heterocycles. The fraction of sp³-hybridized carbons (Fsp3) is 0.321. The van der Waals surface area contributed by atoms with Crippen LogP contribution in [0.4, 0.5) is 31.9 Å². The largest absolute Gasteiger partial charge is 0.340 e. The molecule has 2 aromatic heterocycles. The lowest BCUT2D eigenvalue weighted by Crippen LogP contribution is -2.37. The molecule has 0 amide bonds. The summed E-state index contributed by atoms with van der Waals surface area (Å²) < 4.78 is 54.6. The molecule has 3 heterocycles. The molecule has 216 valence electrons. The minimum Gasteiger partial charge on any atom is -0.340 e. The molecule has 13 heteroatoms. The van der Waals surface area contributed by atoms with Crippen LogP contribution >= 0.6 is 11.3 Å². The number of benzene rings is 2. The maximum atomic E-state index is 13.5. The highest BCUT2D eigenvalue weighted by molar-refractivity contribution is 7.89. The quantitative estimate of drug-likeness (QED) is 0.229. The summed E-state index contributed by atoms with van der Waals surface area (Å²) in [7, 11) is -2.02. The van der Waals surface area contributed by atoms with E-state index in [1.807, 2.05) is 11.7 Å². The maximum Gasteiger partial charge on any atom is 0.242 e. The molecule has 1 aliphatic heterocycles. The van der Waals surface area contributed by atoms with Gasteiger partial charge in [-0.15, -0.1) is 11.3 Å². The molecular weight excluding hydrogens is 568 g/mol. The van der Waals surface area contributed by atoms with Crippen LogP contribution < -0.4 is 10.6 Å². The number of hydrogen-bond acceptors (Lipinski definition) is 9. The number of thiazole rings is 1. The van der Waals surface area contributed by atoms with Crippen LogP contribution in [0, 0.1) is 17.6 Å². The topological polar surface area (TPSA) is 103 Å². The van der Waals surface area contributed by atoms with Gasteiger partial charge in [-0.05, 0) is 74.2 Å². The van der Waals surface area contributed by atoms with Gasteiger partial charge in [0, 0.05) is 61.4 Å². The first-order valence-corrected chi connectivity index (χ1v) is 15.6.